The predicted molar refractivity (Wildman–Crippen MR) is 78.4 cm³/mol. The third-order valence-electron chi connectivity index (χ3n) is 3.55. The second-order valence-electron chi connectivity index (χ2n) is 4.95. The fourth-order valence-electron chi connectivity index (χ4n) is 2.54. The zero-order valence-electron chi connectivity index (χ0n) is 11.4. The number of hydrogen-bond donors (Lipinski definition) is 2. The van der Waals surface area contributed by atoms with Gasteiger partial charge >= 0.3 is 0 Å². The normalized spacial score (nSPS) is 22.9. The number of ether oxygens (including phenoxy) is 2. The van der Waals surface area contributed by atoms with Crippen molar-refractivity contribution in [2.24, 2.45) is 5.73 Å². The van der Waals surface area contributed by atoms with Crippen LogP contribution in [0, 0.1) is 0 Å². The highest BCUT2D eigenvalue weighted by atomic mass is 35.5. The van der Waals surface area contributed by atoms with E-state index < -0.39 is 0 Å². The molecule has 0 saturated heterocycles. The van der Waals surface area contributed by atoms with E-state index in [0.717, 1.165) is 31.4 Å². The molecule has 0 bridgehead atoms. The zero-order chi connectivity index (χ0) is 13.8. The molecule has 0 aliphatic heterocycles. The van der Waals surface area contributed by atoms with Crippen LogP contribution in [0.4, 0.5) is 5.69 Å². The first-order chi connectivity index (χ1) is 9.13. The Morgan fingerprint density at radius 2 is 1.89 bits per heavy atom. The summed E-state index contributed by atoms with van der Waals surface area (Å²) in [4.78, 5) is 0. The van der Waals surface area contributed by atoms with Gasteiger partial charge in [0.1, 0.15) is 0 Å². The molecule has 1 saturated carbocycles. The second-order valence-corrected chi connectivity index (χ2v) is 5.36. The summed E-state index contributed by atoms with van der Waals surface area (Å²) >= 11 is 6.26. The van der Waals surface area contributed by atoms with E-state index in [1.807, 2.05) is 6.07 Å². The van der Waals surface area contributed by atoms with Crippen molar-refractivity contribution >= 4 is 17.3 Å². The lowest BCUT2D eigenvalue weighted by atomic mass is 9.91. The van der Waals surface area contributed by atoms with Crippen molar-refractivity contribution in [3.8, 4) is 11.5 Å². The molecule has 2 unspecified atom stereocenters. The Kier molecular flexibility index (Phi) is 4.77. The SMILES string of the molecule is COc1cc(Cl)c(NC2CCCC(N)C2)cc1OC. The van der Waals surface area contributed by atoms with Crippen LogP contribution in [-0.2, 0) is 0 Å². The number of halogens is 1. The maximum atomic E-state index is 6.26. The second kappa shape index (κ2) is 6.35. The van der Waals surface area contributed by atoms with Crippen LogP contribution in [0.25, 0.3) is 0 Å². The van der Waals surface area contributed by atoms with Gasteiger partial charge in [0.2, 0.25) is 0 Å². The Hall–Kier alpha value is -1.13. The summed E-state index contributed by atoms with van der Waals surface area (Å²) in [5.74, 6) is 1.31. The Bertz CT molecular complexity index is 440. The smallest absolute Gasteiger partial charge is 0.162 e. The van der Waals surface area contributed by atoms with Gasteiger partial charge < -0.3 is 20.5 Å². The van der Waals surface area contributed by atoms with Crippen molar-refractivity contribution in [3.05, 3.63) is 17.2 Å². The summed E-state index contributed by atoms with van der Waals surface area (Å²) in [6, 6.07) is 4.30. The van der Waals surface area contributed by atoms with Crippen molar-refractivity contribution in [1.82, 2.24) is 0 Å². The first kappa shape index (κ1) is 14.3. The number of methoxy groups -OCH3 is 2. The summed E-state index contributed by atoms with van der Waals surface area (Å²) in [6.45, 7) is 0. The third kappa shape index (κ3) is 3.45. The van der Waals surface area contributed by atoms with Crippen molar-refractivity contribution < 1.29 is 9.47 Å². The lowest BCUT2D eigenvalue weighted by Gasteiger charge is -2.28. The molecule has 1 fully saturated rings. The predicted octanol–water partition coefficient (Wildman–Crippen LogP) is 3.04. The van der Waals surface area contributed by atoms with Crippen LogP contribution in [0.1, 0.15) is 25.7 Å². The molecule has 0 spiro atoms. The van der Waals surface area contributed by atoms with Gasteiger partial charge in [-0.3, -0.25) is 0 Å². The molecule has 0 heterocycles. The Morgan fingerprint density at radius 3 is 2.53 bits per heavy atom. The highest BCUT2D eigenvalue weighted by molar-refractivity contribution is 6.33. The van der Waals surface area contributed by atoms with Gasteiger partial charge in [-0.25, -0.2) is 0 Å². The molecule has 3 N–H and O–H groups in total. The molecule has 2 atom stereocenters. The van der Waals surface area contributed by atoms with Crippen molar-refractivity contribution in [3.63, 3.8) is 0 Å². The van der Waals surface area contributed by atoms with Gasteiger partial charge in [0.25, 0.3) is 0 Å². The van der Waals surface area contributed by atoms with E-state index >= 15 is 0 Å². The molecule has 0 amide bonds. The van der Waals surface area contributed by atoms with E-state index in [0.29, 0.717) is 22.6 Å². The highest BCUT2D eigenvalue weighted by Crippen LogP contribution is 2.37. The molecule has 5 heteroatoms. The topological polar surface area (TPSA) is 56.5 Å². The zero-order valence-corrected chi connectivity index (χ0v) is 12.2. The minimum Gasteiger partial charge on any atom is -0.493 e. The molecule has 4 nitrogen and oxygen atoms in total. The molecule has 106 valence electrons. The number of anilines is 1. The van der Waals surface area contributed by atoms with E-state index in [2.05, 4.69) is 5.32 Å². The maximum Gasteiger partial charge on any atom is 0.162 e. The molecule has 1 aromatic rings. The maximum absolute atomic E-state index is 6.26. The van der Waals surface area contributed by atoms with Crippen LogP contribution >= 0.6 is 11.6 Å². The minimum atomic E-state index is 0.283. The number of nitrogens with two attached hydrogens (primary N) is 1. The van der Waals surface area contributed by atoms with Crippen molar-refractivity contribution in [2.45, 2.75) is 37.8 Å². The Labute approximate surface area is 119 Å². The fraction of sp³-hybridized carbons (Fsp3) is 0.571. The van der Waals surface area contributed by atoms with Crippen LogP contribution < -0.4 is 20.5 Å². The molecule has 1 aliphatic rings. The van der Waals surface area contributed by atoms with E-state index in [-0.39, 0.29) is 6.04 Å². The first-order valence-electron chi connectivity index (χ1n) is 6.57. The van der Waals surface area contributed by atoms with Gasteiger partial charge in [0, 0.05) is 24.2 Å². The number of rotatable bonds is 4. The molecule has 2 rings (SSSR count). The van der Waals surface area contributed by atoms with Crippen LogP contribution in [0.5, 0.6) is 11.5 Å². The molecule has 1 aliphatic carbocycles. The summed E-state index contributed by atoms with van der Waals surface area (Å²) < 4.78 is 10.5. The summed E-state index contributed by atoms with van der Waals surface area (Å²) in [5.41, 5.74) is 6.87. The van der Waals surface area contributed by atoms with Gasteiger partial charge in [0.05, 0.1) is 24.9 Å². The molecule has 0 aromatic heterocycles. The summed E-state index contributed by atoms with van der Waals surface area (Å²) in [7, 11) is 3.22. The van der Waals surface area contributed by atoms with Gasteiger partial charge in [-0.15, -0.1) is 0 Å². The summed E-state index contributed by atoms with van der Waals surface area (Å²) in [5, 5.41) is 4.09. The Morgan fingerprint density at radius 1 is 1.21 bits per heavy atom. The average molecular weight is 285 g/mol. The van der Waals surface area contributed by atoms with Crippen LogP contribution in [0.2, 0.25) is 5.02 Å². The van der Waals surface area contributed by atoms with Gasteiger partial charge in [-0.1, -0.05) is 11.6 Å². The molecule has 19 heavy (non-hydrogen) atoms. The average Bonchev–Trinajstić information content (AvgIpc) is 2.40. The lowest BCUT2D eigenvalue weighted by molar-refractivity contribution is 0.355. The fourth-order valence-corrected chi connectivity index (χ4v) is 2.75. The van der Waals surface area contributed by atoms with Crippen LogP contribution in [0.15, 0.2) is 12.1 Å². The van der Waals surface area contributed by atoms with Gasteiger partial charge in [0.15, 0.2) is 11.5 Å². The lowest BCUT2D eigenvalue weighted by Crippen LogP contribution is -2.34. The van der Waals surface area contributed by atoms with E-state index in [9.17, 15) is 0 Å². The van der Waals surface area contributed by atoms with E-state index in [1.165, 1.54) is 0 Å². The first-order valence-corrected chi connectivity index (χ1v) is 6.95. The van der Waals surface area contributed by atoms with Crippen molar-refractivity contribution in [2.75, 3.05) is 19.5 Å². The van der Waals surface area contributed by atoms with Gasteiger partial charge in [-0.2, -0.15) is 0 Å². The van der Waals surface area contributed by atoms with Crippen molar-refractivity contribution in [1.29, 1.82) is 0 Å². The Balaban J connectivity index is 2.15. The highest BCUT2D eigenvalue weighted by Gasteiger charge is 2.20. The summed E-state index contributed by atoms with van der Waals surface area (Å²) in [6.07, 6.45) is 4.37. The standard InChI is InChI=1S/C14H21ClN2O2/c1-18-13-7-11(15)12(8-14(13)19-2)17-10-5-3-4-9(16)6-10/h7-10,17H,3-6,16H2,1-2H3. The van der Waals surface area contributed by atoms with Gasteiger partial charge in [-0.05, 0) is 25.7 Å². The number of nitrogens with one attached hydrogen (secondary N) is 1. The molecule has 1 aromatic carbocycles. The quantitative estimate of drug-likeness (QED) is 0.892. The molecular weight excluding hydrogens is 264 g/mol. The molecular formula is C14H21ClN2O2. The largest absolute Gasteiger partial charge is 0.493 e. The minimum absolute atomic E-state index is 0.283. The van der Waals surface area contributed by atoms with E-state index in [4.69, 9.17) is 26.8 Å². The van der Waals surface area contributed by atoms with Crippen LogP contribution in [-0.4, -0.2) is 26.3 Å². The third-order valence-corrected chi connectivity index (χ3v) is 3.86. The van der Waals surface area contributed by atoms with E-state index in [1.54, 1.807) is 20.3 Å². The number of hydrogen-bond acceptors (Lipinski definition) is 4. The number of benzene rings is 1. The molecule has 0 radical (unpaired) electrons. The van der Waals surface area contributed by atoms with Crippen LogP contribution in [0.3, 0.4) is 0 Å². The monoisotopic (exact) mass is 284 g/mol.